The van der Waals surface area contributed by atoms with E-state index in [-0.39, 0.29) is 0 Å². The molecule has 0 amide bonds. The van der Waals surface area contributed by atoms with Crippen molar-refractivity contribution in [1.82, 2.24) is 0 Å². The highest BCUT2D eigenvalue weighted by molar-refractivity contribution is 3.51. The standard InChI is InChI=1S/2C2H6.CH3F/c3*1-2/h2*1-2H3;1H3. The molecule has 0 N–H and O–H groups in total. The minimum absolute atomic E-state index is 0.500. The number of rotatable bonds is 0. The number of hydrogen-bond donors (Lipinski definition) is 0. The lowest BCUT2D eigenvalue weighted by Gasteiger charge is -1.10. The van der Waals surface area contributed by atoms with E-state index in [9.17, 15) is 4.39 Å². The van der Waals surface area contributed by atoms with Crippen molar-refractivity contribution in [2.75, 3.05) is 7.18 Å². The van der Waals surface area contributed by atoms with Crippen LogP contribution in [0.1, 0.15) is 27.7 Å². The summed E-state index contributed by atoms with van der Waals surface area (Å²) >= 11 is 0. The summed E-state index contributed by atoms with van der Waals surface area (Å²) in [5, 5.41) is 0. The van der Waals surface area contributed by atoms with Crippen LogP contribution in [0.25, 0.3) is 0 Å². The van der Waals surface area contributed by atoms with E-state index in [0.29, 0.717) is 7.18 Å². The van der Waals surface area contributed by atoms with Gasteiger partial charge in [-0.05, 0) is 0 Å². The Bertz CT molecular complexity index is 3.90. The monoisotopic (exact) mass is 94.1 g/mol. The van der Waals surface area contributed by atoms with Crippen LogP contribution in [-0.2, 0) is 0 Å². The molecule has 0 heterocycles. The number of halogens is 1. The lowest BCUT2D eigenvalue weighted by atomic mass is 11.0. The van der Waals surface area contributed by atoms with Gasteiger partial charge in [-0.1, -0.05) is 27.7 Å². The van der Waals surface area contributed by atoms with Gasteiger partial charge in [0.25, 0.3) is 0 Å². The summed E-state index contributed by atoms with van der Waals surface area (Å²) in [5.74, 6) is 0. The maximum absolute atomic E-state index is 9.50. The largest absolute Gasteiger partial charge is 0.255 e. The summed E-state index contributed by atoms with van der Waals surface area (Å²) in [6.45, 7) is 8.00. The first-order chi connectivity index (χ1) is 3.00. The summed E-state index contributed by atoms with van der Waals surface area (Å²) in [5.41, 5.74) is 0. The average molecular weight is 94.2 g/mol. The summed E-state index contributed by atoms with van der Waals surface area (Å²) in [7, 11) is 0.500. The first-order valence-corrected chi connectivity index (χ1v) is 2.38. The third kappa shape index (κ3) is 6890. The van der Waals surface area contributed by atoms with E-state index in [0.717, 1.165) is 0 Å². The van der Waals surface area contributed by atoms with E-state index in [2.05, 4.69) is 0 Å². The zero-order valence-electron chi connectivity index (χ0n) is 5.38. The van der Waals surface area contributed by atoms with Crippen molar-refractivity contribution in [3.8, 4) is 0 Å². The number of hydrogen-bond acceptors (Lipinski definition) is 0. The topological polar surface area (TPSA) is 0 Å². The molecule has 0 radical (unpaired) electrons. The molecule has 0 aromatic heterocycles. The molecule has 0 rings (SSSR count). The Labute approximate surface area is 40.4 Å². The molecule has 6 heavy (non-hydrogen) atoms. The van der Waals surface area contributed by atoms with E-state index >= 15 is 0 Å². The molecule has 0 aliphatic rings. The molecule has 0 unspecified atom stereocenters. The van der Waals surface area contributed by atoms with Crippen LogP contribution in [0, 0.1) is 0 Å². The molecule has 0 saturated carbocycles. The molecule has 0 spiro atoms. The zero-order chi connectivity index (χ0) is 6.00. The summed E-state index contributed by atoms with van der Waals surface area (Å²) in [6, 6.07) is 0. The molecule has 42 valence electrons. The normalized spacial score (nSPS) is 3.00. The van der Waals surface area contributed by atoms with Crippen molar-refractivity contribution in [3.05, 3.63) is 0 Å². The maximum Gasteiger partial charge on any atom is 0.0785 e. The SMILES string of the molecule is CC.CC.CF. The molecule has 0 saturated heterocycles. The van der Waals surface area contributed by atoms with Crippen molar-refractivity contribution in [2.24, 2.45) is 0 Å². The molecule has 0 aromatic carbocycles. The Morgan fingerprint density at radius 3 is 0.667 bits per heavy atom. The fraction of sp³-hybridized carbons (Fsp3) is 1.00. The van der Waals surface area contributed by atoms with Gasteiger partial charge in [0.2, 0.25) is 0 Å². The van der Waals surface area contributed by atoms with Gasteiger partial charge in [-0.3, -0.25) is 4.39 Å². The third-order valence-electron chi connectivity index (χ3n) is 0. The molecule has 0 atom stereocenters. The average Bonchev–Trinajstić information content (AvgIpc) is 1.81. The van der Waals surface area contributed by atoms with Crippen LogP contribution < -0.4 is 0 Å². The minimum atomic E-state index is 0.500. The quantitative estimate of drug-likeness (QED) is 0.433. The predicted octanol–water partition coefficient (Wildman–Crippen LogP) is 2.64. The molecule has 0 aliphatic carbocycles. The zero-order valence-corrected chi connectivity index (χ0v) is 5.38. The van der Waals surface area contributed by atoms with Crippen LogP contribution in [0.15, 0.2) is 0 Å². The van der Waals surface area contributed by atoms with E-state index in [1.165, 1.54) is 0 Å². The van der Waals surface area contributed by atoms with Gasteiger partial charge in [-0.15, -0.1) is 0 Å². The van der Waals surface area contributed by atoms with Gasteiger partial charge in [0, 0.05) is 0 Å². The number of alkyl halides is 1. The first-order valence-electron chi connectivity index (χ1n) is 2.38. The Kier molecular flexibility index (Phi) is 43500. The fourth-order valence-corrected chi connectivity index (χ4v) is 0. The van der Waals surface area contributed by atoms with E-state index in [4.69, 9.17) is 0 Å². The Morgan fingerprint density at radius 2 is 0.667 bits per heavy atom. The second-order valence-corrected chi connectivity index (χ2v) is 0. The second-order valence-electron chi connectivity index (χ2n) is 0. The highest BCUT2D eigenvalue weighted by Gasteiger charge is 0.935. The van der Waals surface area contributed by atoms with Crippen LogP contribution in [0.2, 0.25) is 0 Å². The predicted molar refractivity (Wildman–Crippen MR) is 29.7 cm³/mol. The van der Waals surface area contributed by atoms with Gasteiger partial charge < -0.3 is 0 Å². The molecule has 0 fully saturated rings. The maximum atomic E-state index is 9.50. The molecular weight excluding hydrogens is 79.1 g/mol. The lowest BCUT2D eigenvalue weighted by molar-refractivity contribution is 0.636. The van der Waals surface area contributed by atoms with Crippen LogP contribution in [0.4, 0.5) is 4.39 Å². The van der Waals surface area contributed by atoms with Gasteiger partial charge in [0.1, 0.15) is 0 Å². The second kappa shape index (κ2) is 15500. The van der Waals surface area contributed by atoms with Crippen molar-refractivity contribution >= 4 is 0 Å². The van der Waals surface area contributed by atoms with E-state index < -0.39 is 0 Å². The van der Waals surface area contributed by atoms with Gasteiger partial charge in [-0.2, -0.15) is 0 Å². The Hall–Kier alpha value is -0.0700. The van der Waals surface area contributed by atoms with Gasteiger partial charge in [0.15, 0.2) is 0 Å². The van der Waals surface area contributed by atoms with Crippen molar-refractivity contribution in [3.63, 3.8) is 0 Å². The van der Waals surface area contributed by atoms with Crippen molar-refractivity contribution in [1.29, 1.82) is 0 Å². The van der Waals surface area contributed by atoms with E-state index in [1.54, 1.807) is 0 Å². The van der Waals surface area contributed by atoms with Crippen LogP contribution in [0.5, 0.6) is 0 Å². The van der Waals surface area contributed by atoms with Gasteiger partial charge in [0.05, 0.1) is 7.18 Å². The third-order valence-corrected chi connectivity index (χ3v) is 0. The highest BCUT2D eigenvalue weighted by atomic mass is 19.1. The van der Waals surface area contributed by atoms with Crippen molar-refractivity contribution < 1.29 is 4.39 Å². The molecule has 1 heteroatoms. The molecule has 0 nitrogen and oxygen atoms in total. The summed E-state index contributed by atoms with van der Waals surface area (Å²) in [6.07, 6.45) is 0. The highest BCUT2D eigenvalue weighted by Crippen LogP contribution is 1.16. The Balaban J connectivity index is -0.0000000225. The molecular formula is C5H15F. The molecule has 0 bridgehead atoms. The minimum Gasteiger partial charge on any atom is -0.255 e. The van der Waals surface area contributed by atoms with Crippen LogP contribution in [-0.4, -0.2) is 7.18 Å². The smallest absolute Gasteiger partial charge is 0.0785 e. The van der Waals surface area contributed by atoms with Crippen LogP contribution in [0.3, 0.4) is 0 Å². The molecule has 0 aromatic rings. The van der Waals surface area contributed by atoms with Gasteiger partial charge >= 0.3 is 0 Å². The summed E-state index contributed by atoms with van der Waals surface area (Å²) < 4.78 is 9.50. The first kappa shape index (κ1) is 16.8. The molecule has 0 aliphatic heterocycles. The van der Waals surface area contributed by atoms with Crippen molar-refractivity contribution in [2.45, 2.75) is 27.7 Å². The van der Waals surface area contributed by atoms with Crippen LogP contribution >= 0.6 is 0 Å². The summed E-state index contributed by atoms with van der Waals surface area (Å²) in [4.78, 5) is 0. The lowest BCUT2D eigenvalue weighted by Crippen LogP contribution is -0.939. The Morgan fingerprint density at radius 1 is 0.667 bits per heavy atom. The fourth-order valence-electron chi connectivity index (χ4n) is 0. The van der Waals surface area contributed by atoms with Gasteiger partial charge in [-0.25, -0.2) is 0 Å². The van der Waals surface area contributed by atoms with E-state index in [1.807, 2.05) is 27.7 Å².